The number of hydrogen-bond acceptors (Lipinski definition) is 5. The first-order valence-corrected chi connectivity index (χ1v) is 5.39. The van der Waals surface area contributed by atoms with Crippen LogP contribution in [0.25, 0.3) is 0 Å². The fourth-order valence-corrected chi connectivity index (χ4v) is 1.44. The zero-order chi connectivity index (χ0) is 13.9. The molecule has 1 rings (SSSR count). The second kappa shape index (κ2) is 5.74. The van der Waals surface area contributed by atoms with Crippen molar-refractivity contribution >= 4 is 27.6 Å². The van der Waals surface area contributed by atoms with Gasteiger partial charge in [-0.1, -0.05) is 0 Å². The summed E-state index contributed by atoms with van der Waals surface area (Å²) < 4.78 is 18.0. The molecule has 0 saturated heterocycles. The third kappa shape index (κ3) is 3.14. The number of ether oxygens (including phenoxy) is 1. The molecule has 0 fully saturated rings. The second-order valence-electron chi connectivity index (χ2n) is 3.17. The molecule has 1 unspecified atom stereocenters. The molecule has 3 N–H and O–H groups in total. The maximum atomic E-state index is 13.2. The molecular formula is C9H8BrFN2O5. The molecule has 98 valence electrons. The van der Waals surface area contributed by atoms with Gasteiger partial charge >= 0.3 is 11.7 Å². The van der Waals surface area contributed by atoms with Crippen LogP contribution >= 0.6 is 15.9 Å². The molecule has 1 atom stereocenters. The molecule has 7 nitrogen and oxygen atoms in total. The van der Waals surface area contributed by atoms with Gasteiger partial charge in [-0.15, -0.1) is 0 Å². The highest BCUT2D eigenvalue weighted by atomic mass is 79.9. The third-order valence-corrected chi connectivity index (χ3v) is 2.57. The smallest absolute Gasteiger partial charge is 0.346 e. The third-order valence-electron chi connectivity index (χ3n) is 1.96. The van der Waals surface area contributed by atoms with Crippen LogP contribution in [0, 0.1) is 15.9 Å². The Kier molecular flexibility index (Phi) is 4.56. The summed E-state index contributed by atoms with van der Waals surface area (Å²) in [5.41, 5.74) is 4.58. The van der Waals surface area contributed by atoms with Crippen LogP contribution in [0.1, 0.15) is 0 Å². The maximum Gasteiger partial charge on any atom is 0.346 e. The first-order chi connectivity index (χ1) is 8.36. The topological polar surface area (TPSA) is 116 Å². The van der Waals surface area contributed by atoms with Gasteiger partial charge in [-0.25, -0.2) is 9.18 Å². The van der Waals surface area contributed by atoms with E-state index in [1.165, 1.54) is 0 Å². The minimum Gasteiger partial charge on any atom is -0.478 e. The lowest BCUT2D eigenvalue weighted by Gasteiger charge is -2.13. The van der Waals surface area contributed by atoms with Crippen molar-refractivity contribution < 1.29 is 24.0 Å². The fourth-order valence-electron chi connectivity index (χ4n) is 1.11. The van der Waals surface area contributed by atoms with Gasteiger partial charge in [0.25, 0.3) is 0 Å². The Balaban J connectivity index is 3.18. The number of nitro benzene ring substituents is 1. The monoisotopic (exact) mass is 322 g/mol. The van der Waals surface area contributed by atoms with Crippen LogP contribution in [-0.4, -0.2) is 28.6 Å². The number of nitro groups is 1. The standard InChI is InChI=1S/C9H8BrFN2O5/c10-4-1-6(13(16)17)7(2-5(4)11)18-8(3-12)9(14)15/h1-2,8H,3,12H2,(H,14,15). The summed E-state index contributed by atoms with van der Waals surface area (Å²) in [7, 11) is 0. The molecule has 1 aromatic rings. The number of nitrogens with zero attached hydrogens (tertiary/aromatic N) is 1. The lowest BCUT2D eigenvalue weighted by atomic mass is 10.2. The van der Waals surface area contributed by atoms with E-state index in [-0.39, 0.29) is 4.47 Å². The predicted octanol–water partition coefficient (Wildman–Crippen LogP) is 1.29. The van der Waals surface area contributed by atoms with Crippen LogP contribution in [0.15, 0.2) is 16.6 Å². The highest BCUT2D eigenvalue weighted by Crippen LogP contribution is 2.33. The molecule has 0 saturated carbocycles. The molecule has 0 aliphatic heterocycles. The van der Waals surface area contributed by atoms with Crippen molar-refractivity contribution in [2.24, 2.45) is 5.73 Å². The summed E-state index contributed by atoms with van der Waals surface area (Å²) in [4.78, 5) is 20.6. The van der Waals surface area contributed by atoms with Crippen molar-refractivity contribution in [1.82, 2.24) is 0 Å². The number of carboxylic acid groups (broad SMARTS) is 1. The molecule has 0 spiro atoms. The molecule has 0 bridgehead atoms. The quantitative estimate of drug-likeness (QED) is 0.623. The van der Waals surface area contributed by atoms with Gasteiger partial charge in [0, 0.05) is 18.7 Å². The molecule has 0 radical (unpaired) electrons. The van der Waals surface area contributed by atoms with Gasteiger partial charge in [0.1, 0.15) is 5.82 Å². The van der Waals surface area contributed by atoms with Crippen molar-refractivity contribution in [2.45, 2.75) is 6.10 Å². The van der Waals surface area contributed by atoms with Gasteiger partial charge in [-0.05, 0) is 15.9 Å². The Morgan fingerprint density at radius 3 is 2.72 bits per heavy atom. The van der Waals surface area contributed by atoms with Crippen molar-refractivity contribution in [3.63, 3.8) is 0 Å². The average Bonchev–Trinajstić information content (AvgIpc) is 2.29. The Labute approximate surface area is 109 Å². The molecule has 0 amide bonds. The van der Waals surface area contributed by atoms with Gasteiger partial charge in [-0.3, -0.25) is 10.1 Å². The SMILES string of the molecule is NCC(Oc1cc(F)c(Br)cc1[N+](=O)[O-])C(=O)O. The van der Waals surface area contributed by atoms with Gasteiger partial charge in [0.2, 0.25) is 11.9 Å². The predicted molar refractivity (Wildman–Crippen MR) is 61.9 cm³/mol. The highest BCUT2D eigenvalue weighted by Gasteiger charge is 2.24. The minimum atomic E-state index is -1.48. The van der Waals surface area contributed by atoms with Crippen LogP contribution in [0.2, 0.25) is 0 Å². The van der Waals surface area contributed by atoms with E-state index in [4.69, 9.17) is 15.6 Å². The number of halogens is 2. The normalized spacial score (nSPS) is 11.9. The van der Waals surface area contributed by atoms with Crippen molar-refractivity contribution in [1.29, 1.82) is 0 Å². The average molecular weight is 323 g/mol. The maximum absolute atomic E-state index is 13.2. The summed E-state index contributed by atoms with van der Waals surface area (Å²) in [5, 5.41) is 19.4. The molecular weight excluding hydrogens is 315 g/mol. The Morgan fingerprint density at radius 2 is 2.28 bits per heavy atom. The molecule has 1 aromatic carbocycles. The number of nitrogens with two attached hydrogens (primary N) is 1. The van der Waals surface area contributed by atoms with E-state index in [1.54, 1.807) is 0 Å². The van der Waals surface area contributed by atoms with Crippen LogP contribution in [0.4, 0.5) is 10.1 Å². The molecule has 18 heavy (non-hydrogen) atoms. The van der Waals surface area contributed by atoms with Gasteiger partial charge in [0.05, 0.1) is 9.40 Å². The Bertz CT molecular complexity index is 496. The molecule has 0 heterocycles. The van der Waals surface area contributed by atoms with E-state index < -0.39 is 40.8 Å². The number of rotatable bonds is 5. The number of hydrogen-bond donors (Lipinski definition) is 2. The van der Waals surface area contributed by atoms with E-state index >= 15 is 0 Å². The first kappa shape index (κ1) is 14.3. The summed E-state index contributed by atoms with van der Waals surface area (Å²) in [6, 6.07) is 1.62. The van der Waals surface area contributed by atoms with Crippen LogP contribution < -0.4 is 10.5 Å². The van der Waals surface area contributed by atoms with Gasteiger partial charge in [-0.2, -0.15) is 0 Å². The van der Waals surface area contributed by atoms with Crippen molar-refractivity contribution in [3.05, 3.63) is 32.5 Å². The fraction of sp³-hybridized carbons (Fsp3) is 0.222. The Morgan fingerprint density at radius 1 is 1.67 bits per heavy atom. The van der Waals surface area contributed by atoms with E-state index in [2.05, 4.69) is 15.9 Å². The van der Waals surface area contributed by atoms with Crippen molar-refractivity contribution in [2.75, 3.05) is 6.54 Å². The van der Waals surface area contributed by atoms with E-state index in [0.717, 1.165) is 12.1 Å². The highest BCUT2D eigenvalue weighted by molar-refractivity contribution is 9.10. The second-order valence-corrected chi connectivity index (χ2v) is 4.03. The van der Waals surface area contributed by atoms with Crippen LogP contribution in [0.3, 0.4) is 0 Å². The number of carbonyl (C=O) groups is 1. The van der Waals surface area contributed by atoms with Gasteiger partial charge in [0.15, 0.2) is 0 Å². The zero-order valence-electron chi connectivity index (χ0n) is 8.80. The summed E-state index contributed by atoms with van der Waals surface area (Å²) in [5.74, 6) is -2.69. The van der Waals surface area contributed by atoms with E-state index in [9.17, 15) is 19.3 Å². The zero-order valence-corrected chi connectivity index (χ0v) is 10.4. The van der Waals surface area contributed by atoms with Crippen LogP contribution in [0.5, 0.6) is 5.75 Å². The lowest BCUT2D eigenvalue weighted by molar-refractivity contribution is -0.386. The number of aliphatic carboxylic acids is 1. The molecule has 9 heteroatoms. The lowest BCUT2D eigenvalue weighted by Crippen LogP contribution is -2.34. The summed E-state index contributed by atoms with van der Waals surface area (Å²) >= 11 is 2.78. The van der Waals surface area contributed by atoms with E-state index in [0.29, 0.717) is 0 Å². The van der Waals surface area contributed by atoms with Gasteiger partial charge < -0.3 is 15.6 Å². The first-order valence-electron chi connectivity index (χ1n) is 4.59. The molecule has 0 aromatic heterocycles. The number of benzene rings is 1. The largest absolute Gasteiger partial charge is 0.478 e. The van der Waals surface area contributed by atoms with Crippen molar-refractivity contribution in [3.8, 4) is 5.75 Å². The molecule has 0 aliphatic rings. The minimum absolute atomic E-state index is 0.124. The van der Waals surface area contributed by atoms with E-state index in [1.807, 2.05) is 0 Å². The number of carboxylic acids is 1. The summed E-state index contributed by atoms with van der Waals surface area (Å²) in [6.45, 7) is -0.399. The Hall–Kier alpha value is -1.74. The summed E-state index contributed by atoms with van der Waals surface area (Å²) in [6.07, 6.45) is -1.48. The van der Waals surface area contributed by atoms with Crippen LogP contribution in [-0.2, 0) is 4.79 Å². The molecule has 0 aliphatic carbocycles.